The largest absolute Gasteiger partial charge is 0.471 e. The van der Waals surface area contributed by atoms with Crippen LogP contribution >= 0.6 is 0 Å². The Balaban J connectivity index is 2.33. The highest BCUT2D eigenvalue weighted by Crippen LogP contribution is 2.19. The molecule has 1 saturated heterocycles. The van der Waals surface area contributed by atoms with Crippen molar-refractivity contribution in [2.45, 2.75) is 32.2 Å². The van der Waals surface area contributed by atoms with Gasteiger partial charge in [-0.3, -0.25) is 4.79 Å². The van der Waals surface area contributed by atoms with Crippen LogP contribution in [0.4, 0.5) is 13.2 Å². The predicted molar refractivity (Wildman–Crippen MR) is 53.5 cm³/mol. The van der Waals surface area contributed by atoms with E-state index in [1.807, 2.05) is 0 Å². The molecule has 17 heavy (non-hydrogen) atoms. The Bertz CT molecular complexity index is 264. The lowest BCUT2D eigenvalue weighted by molar-refractivity contribution is -0.187. The SMILES string of the molecule is CC(C)N(CCOCC1CO1)C(=O)C(F)(F)F. The fourth-order valence-electron chi connectivity index (χ4n) is 1.30. The van der Waals surface area contributed by atoms with Crippen LogP contribution in [0, 0.1) is 0 Å². The van der Waals surface area contributed by atoms with Gasteiger partial charge in [-0.1, -0.05) is 0 Å². The Morgan fingerprint density at radius 3 is 2.53 bits per heavy atom. The van der Waals surface area contributed by atoms with Gasteiger partial charge in [0.25, 0.3) is 0 Å². The maximum atomic E-state index is 12.3. The Labute approximate surface area is 97.7 Å². The first-order valence-corrected chi connectivity index (χ1v) is 5.39. The highest BCUT2D eigenvalue weighted by atomic mass is 19.4. The normalized spacial score (nSPS) is 19.5. The summed E-state index contributed by atoms with van der Waals surface area (Å²) in [5, 5.41) is 0. The summed E-state index contributed by atoms with van der Waals surface area (Å²) in [7, 11) is 0. The van der Waals surface area contributed by atoms with Crippen molar-refractivity contribution in [1.82, 2.24) is 4.90 Å². The number of ether oxygens (including phenoxy) is 2. The summed E-state index contributed by atoms with van der Waals surface area (Å²) in [6, 6.07) is -0.509. The molecule has 100 valence electrons. The molecular formula is C10H16F3NO3. The summed E-state index contributed by atoms with van der Waals surface area (Å²) < 4.78 is 46.8. The summed E-state index contributed by atoms with van der Waals surface area (Å²) in [5.41, 5.74) is 0. The third-order valence-electron chi connectivity index (χ3n) is 2.31. The third kappa shape index (κ3) is 4.91. The number of alkyl halides is 3. The van der Waals surface area contributed by atoms with Gasteiger partial charge in [0, 0.05) is 12.6 Å². The van der Waals surface area contributed by atoms with E-state index in [-0.39, 0.29) is 19.3 Å². The molecule has 1 aliphatic heterocycles. The highest BCUT2D eigenvalue weighted by molar-refractivity contribution is 5.82. The van der Waals surface area contributed by atoms with Gasteiger partial charge in [0.2, 0.25) is 0 Å². The number of carbonyl (C=O) groups excluding carboxylic acids is 1. The van der Waals surface area contributed by atoms with Gasteiger partial charge in [0.15, 0.2) is 0 Å². The molecule has 1 fully saturated rings. The molecule has 1 amide bonds. The summed E-state index contributed by atoms with van der Waals surface area (Å²) in [6.45, 7) is 4.09. The zero-order chi connectivity index (χ0) is 13.1. The second-order valence-corrected chi connectivity index (χ2v) is 4.12. The maximum Gasteiger partial charge on any atom is 0.471 e. The zero-order valence-corrected chi connectivity index (χ0v) is 9.79. The molecule has 1 rings (SSSR count). The lowest BCUT2D eigenvalue weighted by Gasteiger charge is -2.27. The second-order valence-electron chi connectivity index (χ2n) is 4.12. The first-order valence-electron chi connectivity index (χ1n) is 5.39. The molecule has 0 saturated carbocycles. The summed E-state index contributed by atoms with van der Waals surface area (Å²) in [6.07, 6.45) is -4.76. The monoisotopic (exact) mass is 255 g/mol. The van der Waals surface area contributed by atoms with Gasteiger partial charge in [0.1, 0.15) is 6.10 Å². The van der Waals surface area contributed by atoms with E-state index in [0.29, 0.717) is 13.2 Å². The molecule has 0 N–H and O–H groups in total. The molecule has 1 aliphatic rings. The van der Waals surface area contributed by atoms with Crippen molar-refractivity contribution in [3.63, 3.8) is 0 Å². The van der Waals surface area contributed by atoms with Crippen LogP contribution in [0.2, 0.25) is 0 Å². The number of hydrogen-bond donors (Lipinski definition) is 0. The Morgan fingerprint density at radius 1 is 1.53 bits per heavy atom. The topological polar surface area (TPSA) is 42.1 Å². The molecule has 0 aromatic rings. The number of carbonyl (C=O) groups is 1. The van der Waals surface area contributed by atoms with E-state index < -0.39 is 18.1 Å². The average Bonchev–Trinajstić information content (AvgIpc) is 2.98. The highest BCUT2D eigenvalue weighted by Gasteiger charge is 2.43. The number of nitrogens with zero attached hydrogens (tertiary/aromatic N) is 1. The van der Waals surface area contributed by atoms with E-state index in [4.69, 9.17) is 9.47 Å². The first-order chi connectivity index (χ1) is 7.82. The number of hydrogen-bond acceptors (Lipinski definition) is 3. The van der Waals surface area contributed by atoms with E-state index in [2.05, 4.69) is 0 Å². The average molecular weight is 255 g/mol. The predicted octanol–water partition coefficient (Wildman–Crippen LogP) is 1.20. The third-order valence-corrected chi connectivity index (χ3v) is 2.31. The van der Waals surface area contributed by atoms with Crippen molar-refractivity contribution in [3.8, 4) is 0 Å². The van der Waals surface area contributed by atoms with Crippen LogP contribution in [0.25, 0.3) is 0 Å². The molecule has 0 spiro atoms. The Morgan fingerprint density at radius 2 is 2.12 bits per heavy atom. The van der Waals surface area contributed by atoms with Crippen LogP contribution in [0.3, 0.4) is 0 Å². The molecule has 1 heterocycles. The molecule has 7 heteroatoms. The van der Waals surface area contributed by atoms with Gasteiger partial charge in [-0.2, -0.15) is 13.2 Å². The summed E-state index contributed by atoms with van der Waals surface area (Å²) >= 11 is 0. The van der Waals surface area contributed by atoms with Crippen molar-refractivity contribution >= 4 is 5.91 Å². The number of halogens is 3. The van der Waals surface area contributed by atoms with Crippen LogP contribution in [0.15, 0.2) is 0 Å². The molecule has 0 aliphatic carbocycles. The van der Waals surface area contributed by atoms with Crippen LogP contribution < -0.4 is 0 Å². The molecule has 0 bridgehead atoms. The molecule has 0 aromatic carbocycles. The van der Waals surface area contributed by atoms with E-state index in [1.54, 1.807) is 0 Å². The fraction of sp³-hybridized carbons (Fsp3) is 0.900. The Kier molecular flexibility index (Phi) is 4.76. The zero-order valence-electron chi connectivity index (χ0n) is 9.79. The standard InChI is InChI=1S/C10H16F3NO3/c1-7(2)14(9(15)10(11,12)13)3-4-16-5-8-6-17-8/h7-8H,3-6H2,1-2H3. The van der Waals surface area contributed by atoms with Crippen molar-refractivity contribution < 1.29 is 27.4 Å². The van der Waals surface area contributed by atoms with Gasteiger partial charge in [-0.05, 0) is 13.8 Å². The van der Waals surface area contributed by atoms with Crippen LogP contribution in [-0.4, -0.2) is 55.5 Å². The van der Waals surface area contributed by atoms with Crippen LogP contribution in [-0.2, 0) is 14.3 Å². The van der Waals surface area contributed by atoms with Crippen LogP contribution in [0.5, 0.6) is 0 Å². The Hall–Kier alpha value is -0.820. The lowest BCUT2D eigenvalue weighted by atomic mass is 10.3. The van der Waals surface area contributed by atoms with Crippen LogP contribution in [0.1, 0.15) is 13.8 Å². The molecular weight excluding hydrogens is 239 g/mol. The van der Waals surface area contributed by atoms with Gasteiger partial charge < -0.3 is 14.4 Å². The van der Waals surface area contributed by atoms with E-state index >= 15 is 0 Å². The first kappa shape index (κ1) is 14.2. The molecule has 0 radical (unpaired) electrons. The second kappa shape index (κ2) is 5.68. The van der Waals surface area contributed by atoms with Gasteiger partial charge in [-0.25, -0.2) is 0 Å². The minimum Gasteiger partial charge on any atom is -0.377 e. The van der Waals surface area contributed by atoms with E-state index in [1.165, 1.54) is 13.8 Å². The maximum absolute atomic E-state index is 12.3. The minimum atomic E-state index is -4.83. The van der Waals surface area contributed by atoms with Gasteiger partial charge in [-0.15, -0.1) is 0 Å². The molecule has 4 nitrogen and oxygen atoms in total. The van der Waals surface area contributed by atoms with Gasteiger partial charge in [0.05, 0.1) is 19.8 Å². The van der Waals surface area contributed by atoms with Crippen molar-refractivity contribution in [2.75, 3.05) is 26.4 Å². The number of rotatable bonds is 6. The van der Waals surface area contributed by atoms with Crippen molar-refractivity contribution in [3.05, 3.63) is 0 Å². The van der Waals surface area contributed by atoms with E-state index in [9.17, 15) is 18.0 Å². The quantitative estimate of drug-likeness (QED) is 0.529. The fourth-order valence-corrected chi connectivity index (χ4v) is 1.30. The molecule has 0 aromatic heterocycles. The van der Waals surface area contributed by atoms with Crippen molar-refractivity contribution in [1.29, 1.82) is 0 Å². The molecule has 1 unspecified atom stereocenters. The van der Waals surface area contributed by atoms with Crippen molar-refractivity contribution in [2.24, 2.45) is 0 Å². The number of amides is 1. The summed E-state index contributed by atoms with van der Waals surface area (Å²) in [4.78, 5) is 11.8. The minimum absolute atomic E-state index is 0.0667. The molecule has 1 atom stereocenters. The smallest absolute Gasteiger partial charge is 0.377 e. The number of epoxide rings is 1. The summed E-state index contributed by atoms with van der Waals surface area (Å²) in [5.74, 6) is -1.82. The lowest BCUT2D eigenvalue weighted by Crippen LogP contribution is -2.46. The van der Waals surface area contributed by atoms with Gasteiger partial charge >= 0.3 is 12.1 Å². The van der Waals surface area contributed by atoms with E-state index in [0.717, 1.165) is 4.90 Å².